The van der Waals surface area contributed by atoms with Crippen molar-refractivity contribution in [2.24, 2.45) is 0 Å². The van der Waals surface area contributed by atoms with Gasteiger partial charge < -0.3 is 0 Å². The Hall–Kier alpha value is -1.22. The lowest BCUT2D eigenvalue weighted by atomic mass is 10.0. The summed E-state index contributed by atoms with van der Waals surface area (Å²) in [5, 5.41) is -0.657. The molecule has 0 saturated carbocycles. The topological polar surface area (TPSA) is 0 Å². The van der Waals surface area contributed by atoms with E-state index < -0.39 is 11.6 Å². The monoisotopic (exact) mass is 244 g/mol. The predicted octanol–water partition coefficient (Wildman–Crippen LogP) is 4.68. The number of hydrogen-bond acceptors (Lipinski definition) is 0. The van der Waals surface area contributed by atoms with E-state index in [1.165, 1.54) is 6.07 Å². The molecule has 0 aliphatic heterocycles. The highest BCUT2D eigenvalue weighted by Gasteiger charge is 2.39. The fraction of sp³-hybridized carbons (Fsp3) is 0.167. The van der Waals surface area contributed by atoms with Crippen LogP contribution < -0.4 is 0 Å². The number of alkyl halides is 4. The molecule has 2 aromatic carbocycles. The van der Waals surface area contributed by atoms with Gasteiger partial charge in [-0.1, -0.05) is 42.5 Å². The Morgan fingerprint density at radius 3 is 2.25 bits per heavy atom. The van der Waals surface area contributed by atoms with E-state index in [1.54, 1.807) is 36.4 Å². The summed E-state index contributed by atoms with van der Waals surface area (Å²) in [4.78, 5) is 0. The highest BCUT2D eigenvalue weighted by Crippen LogP contribution is 2.40. The summed E-state index contributed by atoms with van der Waals surface area (Å²) < 4.78 is 37.6. The minimum absolute atomic E-state index is 0.104. The molecule has 0 aliphatic carbocycles. The van der Waals surface area contributed by atoms with Gasteiger partial charge in [-0.15, -0.1) is 11.6 Å². The summed E-state index contributed by atoms with van der Waals surface area (Å²) in [6, 6.07) is 11.6. The number of rotatable bonds is 1. The Labute approximate surface area is 95.6 Å². The molecular weight excluding hydrogens is 237 g/mol. The number of halogens is 4. The van der Waals surface area contributed by atoms with Gasteiger partial charge >= 0.3 is 6.18 Å². The van der Waals surface area contributed by atoms with E-state index in [0.717, 1.165) is 5.39 Å². The van der Waals surface area contributed by atoms with Gasteiger partial charge in [0.15, 0.2) is 5.38 Å². The van der Waals surface area contributed by atoms with Crippen LogP contribution in [0.15, 0.2) is 42.5 Å². The highest BCUT2D eigenvalue weighted by atomic mass is 35.5. The second-order valence-corrected chi connectivity index (χ2v) is 3.91. The molecule has 0 heterocycles. The smallest absolute Gasteiger partial charge is 0.169 e. The van der Waals surface area contributed by atoms with E-state index in [2.05, 4.69) is 0 Å². The van der Waals surface area contributed by atoms with Crippen molar-refractivity contribution in [2.45, 2.75) is 11.6 Å². The van der Waals surface area contributed by atoms with Gasteiger partial charge in [0.2, 0.25) is 0 Å². The molecule has 1 atom stereocenters. The molecule has 0 bridgehead atoms. The van der Waals surface area contributed by atoms with Crippen LogP contribution in [0.1, 0.15) is 10.9 Å². The average molecular weight is 245 g/mol. The number of fused-ring (bicyclic) bond motifs is 1. The fourth-order valence-electron chi connectivity index (χ4n) is 1.65. The standard InChI is InChI=1S/C12H8ClF3/c13-11(12(14,15)16)10-7-3-5-8-4-1-2-6-9(8)10/h1-7,11H/t11-/m1/s1. The van der Waals surface area contributed by atoms with Gasteiger partial charge in [0.1, 0.15) is 0 Å². The van der Waals surface area contributed by atoms with Gasteiger partial charge in [-0.3, -0.25) is 0 Å². The Morgan fingerprint density at radius 1 is 0.938 bits per heavy atom. The molecule has 0 nitrogen and oxygen atoms in total. The van der Waals surface area contributed by atoms with E-state index in [-0.39, 0.29) is 5.56 Å². The van der Waals surface area contributed by atoms with E-state index in [1.807, 2.05) is 0 Å². The van der Waals surface area contributed by atoms with Gasteiger partial charge in [0.05, 0.1) is 0 Å². The normalized spacial score (nSPS) is 14.0. The van der Waals surface area contributed by atoms with Crippen LogP contribution in [0.3, 0.4) is 0 Å². The fourth-order valence-corrected chi connectivity index (χ4v) is 1.84. The maximum atomic E-state index is 12.5. The van der Waals surface area contributed by atoms with Crippen molar-refractivity contribution in [3.63, 3.8) is 0 Å². The van der Waals surface area contributed by atoms with Crippen molar-refractivity contribution >= 4 is 22.4 Å². The third kappa shape index (κ3) is 2.00. The minimum atomic E-state index is -4.42. The minimum Gasteiger partial charge on any atom is -0.169 e. The van der Waals surface area contributed by atoms with Crippen molar-refractivity contribution in [1.82, 2.24) is 0 Å². The first-order valence-corrected chi connectivity index (χ1v) is 5.12. The van der Waals surface area contributed by atoms with Gasteiger partial charge in [-0.05, 0) is 16.3 Å². The van der Waals surface area contributed by atoms with Crippen molar-refractivity contribution in [2.75, 3.05) is 0 Å². The lowest BCUT2D eigenvalue weighted by Crippen LogP contribution is -2.15. The second kappa shape index (κ2) is 3.98. The first kappa shape index (κ1) is 11.3. The van der Waals surface area contributed by atoms with Crippen LogP contribution in [0.25, 0.3) is 10.8 Å². The Balaban J connectivity index is 2.61. The molecule has 84 valence electrons. The zero-order chi connectivity index (χ0) is 11.8. The lowest BCUT2D eigenvalue weighted by molar-refractivity contribution is -0.131. The Morgan fingerprint density at radius 2 is 1.56 bits per heavy atom. The van der Waals surface area contributed by atoms with Crippen LogP contribution in [0.4, 0.5) is 13.2 Å². The van der Waals surface area contributed by atoms with E-state index in [0.29, 0.717) is 5.39 Å². The molecule has 0 N–H and O–H groups in total. The average Bonchev–Trinajstić information content (AvgIpc) is 2.26. The zero-order valence-corrected chi connectivity index (χ0v) is 8.89. The molecule has 0 fully saturated rings. The molecule has 0 amide bonds. The van der Waals surface area contributed by atoms with Crippen molar-refractivity contribution in [3.05, 3.63) is 48.0 Å². The summed E-state index contributed by atoms with van der Waals surface area (Å²) in [5.41, 5.74) is 0.104. The lowest BCUT2D eigenvalue weighted by Gasteiger charge is -2.15. The third-order valence-corrected chi connectivity index (χ3v) is 2.87. The van der Waals surface area contributed by atoms with Gasteiger partial charge in [0.25, 0.3) is 0 Å². The summed E-state index contributed by atoms with van der Waals surface area (Å²) in [5.74, 6) is 0. The molecule has 0 radical (unpaired) electrons. The maximum absolute atomic E-state index is 12.5. The molecule has 4 heteroatoms. The number of benzene rings is 2. The quantitative estimate of drug-likeness (QED) is 0.639. The van der Waals surface area contributed by atoms with Crippen LogP contribution in [0.5, 0.6) is 0 Å². The number of hydrogen-bond donors (Lipinski definition) is 0. The third-order valence-electron chi connectivity index (χ3n) is 2.38. The summed E-state index contributed by atoms with van der Waals surface area (Å²) in [6.07, 6.45) is -4.42. The summed E-state index contributed by atoms with van der Waals surface area (Å²) >= 11 is 5.44. The van der Waals surface area contributed by atoms with E-state index in [4.69, 9.17) is 11.6 Å². The Bertz CT molecular complexity index is 500. The van der Waals surface area contributed by atoms with Crippen LogP contribution in [-0.2, 0) is 0 Å². The van der Waals surface area contributed by atoms with Gasteiger partial charge in [0, 0.05) is 0 Å². The van der Waals surface area contributed by atoms with Crippen molar-refractivity contribution < 1.29 is 13.2 Å². The molecule has 16 heavy (non-hydrogen) atoms. The second-order valence-electron chi connectivity index (χ2n) is 3.47. The first-order chi connectivity index (χ1) is 7.50. The van der Waals surface area contributed by atoms with Crippen LogP contribution in [-0.4, -0.2) is 6.18 Å². The molecule has 0 unspecified atom stereocenters. The molecule has 0 aromatic heterocycles. The highest BCUT2D eigenvalue weighted by molar-refractivity contribution is 6.22. The summed E-state index contributed by atoms with van der Waals surface area (Å²) in [7, 11) is 0. The van der Waals surface area contributed by atoms with Gasteiger partial charge in [-0.2, -0.15) is 13.2 Å². The molecule has 2 aromatic rings. The van der Waals surface area contributed by atoms with Crippen LogP contribution in [0.2, 0.25) is 0 Å². The molecule has 0 spiro atoms. The van der Waals surface area contributed by atoms with Crippen molar-refractivity contribution in [3.8, 4) is 0 Å². The van der Waals surface area contributed by atoms with Crippen LogP contribution in [0, 0.1) is 0 Å². The SMILES string of the molecule is FC(F)(F)[C@H](Cl)c1cccc2ccccc12. The van der Waals surface area contributed by atoms with Crippen LogP contribution >= 0.6 is 11.6 Å². The Kier molecular flexibility index (Phi) is 2.80. The molecule has 0 saturated heterocycles. The first-order valence-electron chi connectivity index (χ1n) is 4.68. The van der Waals surface area contributed by atoms with Crippen molar-refractivity contribution in [1.29, 1.82) is 0 Å². The van der Waals surface area contributed by atoms with E-state index in [9.17, 15) is 13.2 Å². The van der Waals surface area contributed by atoms with E-state index >= 15 is 0 Å². The zero-order valence-electron chi connectivity index (χ0n) is 8.13. The molecule has 0 aliphatic rings. The largest absolute Gasteiger partial charge is 0.408 e. The molecule has 2 rings (SSSR count). The predicted molar refractivity (Wildman–Crippen MR) is 58.6 cm³/mol. The molecular formula is C12H8ClF3. The van der Waals surface area contributed by atoms with Gasteiger partial charge in [-0.25, -0.2) is 0 Å². The summed E-state index contributed by atoms with van der Waals surface area (Å²) in [6.45, 7) is 0. The maximum Gasteiger partial charge on any atom is 0.408 e.